The molecule has 0 aliphatic heterocycles. The normalized spacial score (nSPS) is 10.6. The Morgan fingerprint density at radius 3 is 2.85 bits per heavy atom. The third kappa shape index (κ3) is 2.70. The van der Waals surface area contributed by atoms with E-state index in [1.54, 1.807) is 18.2 Å². The molecule has 1 N–H and O–H groups in total. The highest BCUT2D eigenvalue weighted by molar-refractivity contribution is 9.10. The average molecular weight is 241 g/mol. The number of carbonyl (C=O) groups excluding carboxylic acids is 1. The molecule has 3 heteroatoms. The van der Waals surface area contributed by atoms with Gasteiger partial charge in [0.05, 0.1) is 4.47 Å². The molecule has 0 aliphatic carbocycles. The van der Waals surface area contributed by atoms with Crippen LogP contribution in [0.2, 0.25) is 0 Å². The van der Waals surface area contributed by atoms with Gasteiger partial charge in [0.1, 0.15) is 5.75 Å². The lowest BCUT2D eigenvalue weighted by Gasteiger charge is -1.99. The van der Waals surface area contributed by atoms with Crippen molar-refractivity contribution in [2.45, 2.75) is 6.92 Å². The van der Waals surface area contributed by atoms with Crippen molar-refractivity contribution in [3.05, 3.63) is 34.3 Å². The van der Waals surface area contributed by atoms with E-state index >= 15 is 0 Å². The fourth-order valence-corrected chi connectivity index (χ4v) is 1.27. The first-order chi connectivity index (χ1) is 6.11. The minimum atomic E-state index is -0.0183. The van der Waals surface area contributed by atoms with Crippen LogP contribution in [0.15, 0.2) is 28.7 Å². The summed E-state index contributed by atoms with van der Waals surface area (Å²) in [7, 11) is 0. The van der Waals surface area contributed by atoms with Crippen LogP contribution >= 0.6 is 15.9 Å². The highest BCUT2D eigenvalue weighted by Gasteiger charge is 2.00. The first-order valence-electron chi connectivity index (χ1n) is 3.77. The van der Waals surface area contributed by atoms with Crippen LogP contribution in [0.25, 0.3) is 6.08 Å². The molecule has 0 aromatic heterocycles. The summed E-state index contributed by atoms with van der Waals surface area (Å²) in [6.45, 7) is 1.48. The van der Waals surface area contributed by atoms with E-state index in [0.29, 0.717) is 4.47 Å². The summed E-state index contributed by atoms with van der Waals surface area (Å²) in [5.74, 6) is 0.154. The van der Waals surface area contributed by atoms with Crippen molar-refractivity contribution < 1.29 is 9.90 Å². The Balaban J connectivity index is 3.02. The van der Waals surface area contributed by atoms with Gasteiger partial charge in [-0.25, -0.2) is 0 Å². The zero-order chi connectivity index (χ0) is 9.84. The minimum Gasteiger partial charge on any atom is -0.507 e. The average Bonchev–Trinajstić information content (AvgIpc) is 2.07. The molecular formula is C10H9BrO2. The van der Waals surface area contributed by atoms with E-state index < -0.39 is 0 Å². The molecule has 1 aromatic rings. The molecule has 1 rings (SSSR count). The second-order valence-electron chi connectivity index (χ2n) is 2.62. The monoisotopic (exact) mass is 240 g/mol. The molecule has 2 nitrogen and oxygen atoms in total. The Labute approximate surface area is 85.0 Å². The summed E-state index contributed by atoms with van der Waals surface area (Å²) in [4.78, 5) is 10.6. The first kappa shape index (κ1) is 9.99. The first-order valence-corrected chi connectivity index (χ1v) is 4.56. The van der Waals surface area contributed by atoms with Crippen LogP contribution in [-0.4, -0.2) is 10.9 Å². The van der Waals surface area contributed by atoms with Gasteiger partial charge in [-0.15, -0.1) is 0 Å². The third-order valence-corrected chi connectivity index (χ3v) is 2.37. The van der Waals surface area contributed by atoms with E-state index in [9.17, 15) is 9.90 Å². The second-order valence-corrected chi connectivity index (χ2v) is 3.42. The molecule has 0 heterocycles. The largest absolute Gasteiger partial charge is 0.507 e. The lowest BCUT2D eigenvalue weighted by molar-refractivity contribution is -0.112. The number of allylic oxidation sites excluding steroid dienone is 1. The molecule has 0 atom stereocenters. The third-order valence-electron chi connectivity index (χ3n) is 1.51. The van der Waals surface area contributed by atoms with Crippen molar-refractivity contribution in [1.82, 2.24) is 0 Å². The lowest BCUT2D eigenvalue weighted by Crippen LogP contribution is -1.81. The van der Waals surface area contributed by atoms with E-state index in [1.165, 1.54) is 13.0 Å². The zero-order valence-corrected chi connectivity index (χ0v) is 8.71. The van der Waals surface area contributed by atoms with E-state index in [2.05, 4.69) is 15.9 Å². The van der Waals surface area contributed by atoms with E-state index in [4.69, 9.17) is 0 Å². The number of hydrogen-bond donors (Lipinski definition) is 1. The second kappa shape index (κ2) is 4.23. The van der Waals surface area contributed by atoms with Crippen LogP contribution in [0.4, 0.5) is 0 Å². The Hall–Kier alpha value is -1.09. The van der Waals surface area contributed by atoms with Crippen molar-refractivity contribution >= 4 is 27.8 Å². The minimum absolute atomic E-state index is 0.0183. The van der Waals surface area contributed by atoms with Gasteiger partial charge < -0.3 is 5.11 Å². The number of rotatable bonds is 2. The number of ketones is 1. The molecular weight excluding hydrogens is 232 g/mol. The zero-order valence-electron chi connectivity index (χ0n) is 7.12. The van der Waals surface area contributed by atoms with Crippen molar-refractivity contribution in [3.63, 3.8) is 0 Å². The summed E-state index contributed by atoms with van der Waals surface area (Å²) < 4.78 is 0.604. The summed E-state index contributed by atoms with van der Waals surface area (Å²) in [6.07, 6.45) is 3.12. The van der Waals surface area contributed by atoms with Crippen LogP contribution in [0.5, 0.6) is 5.75 Å². The highest BCUT2D eigenvalue weighted by atomic mass is 79.9. The van der Waals surface area contributed by atoms with Crippen LogP contribution in [-0.2, 0) is 4.79 Å². The smallest absolute Gasteiger partial charge is 0.152 e. The summed E-state index contributed by atoms with van der Waals surface area (Å²) in [6, 6.07) is 5.11. The number of phenolic OH excluding ortho intramolecular Hbond substituents is 1. The Morgan fingerprint density at radius 1 is 1.54 bits per heavy atom. The van der Waals surface area contributed by atoms with Gasteiger partial charge >= 0.3 is 0 Å². The van der Waals surface area contributed by atoms with E-state index in [1.807, 2.05) is 6.07 Å². The molecule has 0 saturated heterocycles. The highest BCUT2D eigenvalue weighted by Crippen LogP contribution is 2.27. The van der Waals surface area contributed by atoms with E-state index in [-0.39, 0.29) is 11.5 Å². The molecule has 0 radical (unpaired) electrons. The number of phenols is 1. The van der Waals surface area contributed by atoms with Gasteiger partial charge in [-0.3, -0.25) is 4.79 Å². The molecule has 0 amide bonds. The van der Waals surface area contributed by atoms with Crippen LogP contribution < -0.4 is 0 Å². The topological polar surface area (TPSA) is 37.3 Å². The Bertz CT molecular complexity index is 356. The van der Waals surface area contributed by atoms with Crippen molar-refractivity contribution in [1.29, 1.82) is 0 Å². The maximum absolute atomic E-state index is 10.6. The quantitative estimate of drug-likeness (QED) is 0.808. The summed E-state index contributed by atoms with van der Waals surface area (Å²) in [5.41, 5.74) is 0.787. The van der Waals surface area contributed by atoms with Gasteiger partial charge in [-0.1, -0.05) is 18.2 Å². The van der Waals surface area contributed by atoms with Gasteiger partial charge in [0.25, 0.3) is 0 Å². The molecule has 0 fully saturated rings. The van der Waals surface area contributed by atoms with Crippen LogP contribution in [0, 0.1) is 0 Å². The standard InChI is InChI=1S/C10H9BrO2/c1-7(12)5-6-8-3-2-4-9(13)10(8)11/h2-6,13H,1H3/b6-5+. The van der Waals surface area contributed by atoms with Gasteiger partial charge in [0.15, 0.2) is 5.78 Å². The van der Waals surface area contributed by atoms with Gasteiger partial charge in [0.2, 0.25) is 0 Å². The molecule has 0 bridgehead atoms. The van der Waals surface area contributed by atoms with Gasteiger partial charge in [0, 0.05) is 0 Å². The fraction of sp³-hybridized carbons (Fsp3) is 0.100. The SMILES string of the molecule is CC(=O)/C=C/c1cccc(O)c1Br. The van der Waals surface area contributed by atoms with Crippen molar-refractivity contribution in [2.24, 2.45) is 0 Å². The number of benzene rings is 1. The van der Waals surface area contributed by atoms with Crippen molar-refractivity contribution in [3.8, 4) is 5.75 Å². The Morgan fingerprint density at radius 2 is 2.23 bits per heavy atom. The van der Waals surface area contributed by atoms with Gasteiger partial charge in [-0.05, 0) is 40.6 Å². The number of halogens is 1. The maximum Gasteiger partial charge on any atom is 0.152 e. The van der Waals surface area contributed by atoms with E-state index in [0.717, 1.165) is 5.56 Å². The van der Waals surface area contributed by atoms with Crippen molar-refractivity contribution in [2.75, 3.05) is 0 Å². The number of carbonyl (C=O) groups is 1. The molecule has 0 unspecified atom stereocenters. The van der Waals surface area contributed by atoms with Crippen LogP contribution in [0.1, 0.15) is 12.5 Å². The number of hydrogen-bond acceptors (Lipinski definition) is 2. The Kier molecular flexibility index (Phi) is 3.25. The molecule has 13 heavy (non-hydrogen) atoms. The van der Waals surface area contributed by atoms with Gasteiger partial charge in [-0.2, -0.15) is 0 Å². The number of aromatic hydroxyl groups is 1. The predicted molar refractivity (Wildman–Crippen MR) is 55.5 cm³/mol. The lowest BCUT2D eigenvalue weighted by atomic mass is 10.2. The molecule has 0 aliphatic rings. The predicted octanol–water partition coefficient (Wildman–Crippen LogP) is 2.76. The molecule has 68 valence electrons. The molecule has 1 aromatic carbocycles. The molecule has 0 saturated carbocycles. The summed E-state index contributed by atoms with van der Waals surface area (Å²) >= 11 is 3.22. The fourth-order valence-electron chi connectivity index (χ4n) is 0.873. The van der Waals surface area contributed by atoms with Crippen LogP contribution in [0.3, 0.4) is 0 Å². The summed E-state index contributed by atoms with van der Waals surface area (Å²) in [5, 5.41) is 9.30. The maximum atomic E-state index is 10.6. The molecule has 0 spiro atoms.